The van der Waals surface area contributed by atoms with E-state index < -0.39 is 38.7 Å². The Balaban J connectivity index is 3.42. The first-order valence-corrected chi connectivity index (χ1v) is 6.32. The lowest BCUT2D eigenvalue weighted by Gasteiger charge is -2.26. The van der Waals surface area contributed by atoms with Gasteiger partial charge in [0, 0.05) is 6.07 Å². The van der Waals surface area contributed by atoms with Crippen molar-refractivity contribution in [2.75, 3.05) is 0 Å². The number of carbonyl (C=O) groups is 1. The Morgan fingerprint density at radius 1 is 1.48 bits per heavy atom. The molecule has 0 fully saturated rings. The highest BCUT2D eigenvalue weighted by molar-refractivity contribution is 9.09. The number of nitro benzene ring substituents is 1. The average molecular weight is 371 g/mol. The third-order valence-corrected chi connectivity index (χ3v) is 4.23. The molecule has 0 radical (unpaired) electrons. The van der Waals surface area contributed by atoms with Crippen LogP contribution in [0.4, 0.5) is 18.9 Å². The minimum absolute atomic E-state index is 0.170. The molecule has 3 N–H and O–H groups in total. The summed E-state index contributed by atoms with van der Waals surface area (Å²) in [6.45, 7) is 1.02. The maximum Gasteiger partial charge on any atom is 0.423 e. The van der Waals surface area contributed by atoms with E-state index in [9.17, 15) is 33.2 Å². The van der Waals surface area contributed by atoms with E-state index in [-0.39, 0.29) is 5.56 Å². The molecular formula is C11H10BrF3N2O4. The van der Waals surface area contributed by atoms with Crippen LogP contribution in [-0.4, -0.2) is 21.5 Å². The van der Waals surface area contributed by atoms with Gasteiger partial charge in [0.1, 0.15) is 5.56 Å². The predicted molar refractivity (Wildman–Crippen MR) is 69.6 cm³/mol. The molecular weight excluding hydrogens is 361 g/mol. The lowest BCUT2D eigenvalue weighted by molar-refractivity contribution is -0.388. The second kappa shape index (κ2) is 5.60. The quantitative estimate of drug-likeness (QED) is 0.481. The highest BCUT2D eigenvalue weighted by Gasteiger charge is 2.42. The van der Waals surface area contributed by atoms with Crippen molar-refractivity contribution in [3.8, 4) is 0 Å². The standard InChI is InChI=1S/C11H10BrF3N2O4/c1-10(19,9(16)18)8(12)5-2-3-7(17(20)21)6(4-5)11(13,14)15/h2-4,8,19H,1H3,(H2,16,18)/t8?,10-/m0/s1. The Labute approximate surface area is 125 Å². The van der Waals surface area contributed by atoms with Crippen LogP contribution in [0.3, 0.4) is 0 Å². The van der Waals surface area contributed by atoms with E-state index in [1.807, 2.05) is 0 Å². The second-order valence-electron chi connectivity index (χ2n) is 4.41. The molecule has 1 aromatic carbocycles. The maximum atomic E-state index is 12.8. The number of hydrogen-bond donors (Lipinski definition) is 2. The summed E-state index contributed by atoms with van der Waals surface area (Å²) in [6, 6.07) is 2.16. The molecule has 0 spiro atoms. The van der Waals surface area contributed by atoms with Crippen LogP contribution >= 0.6 is 15.9 Å². The molecule has 0 aliphatic heterocycles. The molecule has 116 valence electrons. The molecule has 0 aliphatic rings. The van der Waals surface area contributed by atoms with E-state index in [1.54, 1.807) is 0 Å². The molecule has 1 aromatic rings. The first-order chi connectivity index (χ1) is 9.39. The van der Waals surface area contributed by atoms with E-state index in [0.29, 0.717) is 12.1 Å². The van der Waals surface area contributed by atoms with Crippen LogP contribution in [0, 0.1) is 10.1 Å². The fraction of sp³-hybridized carbons (Fsp3) is 0.364. The number of amides is 1. The van der Waals surface area contributed by atoms with E-state index in [2.05, 4.69) is 15.9 Å². The van der Waals surface area contributed by atoms with Gasteiger partial charge in [-0.2, -0.15) is 13.2 Å². The fourth-order valence-electron chi connectivity index (χ4n) is 1.55. The number of nitro groups is 1. The first-order valence-electron chi connectivity index (χ1n) is 5.41. The molecule has 1 amide bonds. The van der Waals surface area contributed by atoms with Crippen LogP contribution in [0.15, 0.2) is 18.2 Å². The van der Waals surface area contributed by atoms with Crippen molar-refractivity contribution in [3.05, 3.63) is 39.4 Å². The van der Waals surface area contributed by atoms with Crippen LogP contribution < -0.4 is 5.73 Å². The third-order valence-electron chi connectivity index (χ3n) is 2.81. The Kier molecular flexibility index (Phi) is 4.63. The van der Waals surface area contributed by atoms with Crippen molar-refractivity contribution in [1.82, 2.24) is 0 Å². The van der Waals surface area contributed by atoms with Crippen molar-refractivity contribution in [1.29, 1.82) is 0 Å². The number of carbonyl (C=O) groups excluding carboxylic acids is 1. The minimum Gasteiger partial charge on any atom is -0.379 e. The van der Waals surface area contributed by atoms with E-state index in [1.165, 1.54) is 0 Å². The molecule has 0 saturated heterocycles. The molecule has 21 heavy (non-hydrogen) atoms. The van der Waals surface area contributed by atoms with Crippen LogP contribution in [0.1, 0.15) is 22.9 Å². The fourth-order valence-corrected chi connectivity index (χ4v) is 2.06. The van der Waals surface area contributed by atoms with Crippen LogP contribution in [0.25, 0.3) is 0 Å². The lowest BCUT2D eigenvalue weighted by atomic mass is 9.94. The van der Waals surface area contributed by atoms with Gasteiger partial charge in [0.15, 0.2) is 5.60 Å². The van der Waals surface area contributed by atoms with Crippen molar-refractivity contribution in [3.63, 3.8) is 0 Å². The molecule has 10 heteroatoms. The summed E-state index contributed by atoms with van der Waals surface area (Å²) in [5.74, 6) is -1.16. The predicted octanol–water partition coefficient (Wildman–Crippen LogP) is 2.29. The van der Waals surface area contributed by atoms with Gasteiger partial charge >= 0.3 is 6.18 Å². The number of halogens is 4. The van der Waals surface area contributed by atoms with Gasteiger partial charge in [-0.15, -0.1) is 0 Å². The molecule has 2 atom stereocenters. The number of alkyl halides is 4. The number of rotatable bonds is 4. The Morgan fingerprint density at radius 2 is 2.00 bits per heavy atom. The van der Waals surface area contributed by atoms with Crippen LogP contribution in [0.5, 0.6) is 0 Å². The highest BCUT2D eigenvalue weighted by Crippen LogP contribution is 2.41. The molecule has 1 rings (SSSR count). The van der Waals surface area contributed by atoms with Gasteiger partial charge < -0.3 is 10.8 Å². The molecule has 0 aromatic heterocycles. The van der Waals surface area contributed by atoms with E-state index in [4.69, 9.17) is 5.73 Å². The van der Waals surface area contributed by atoms with Gasteiger partial charge in [-0.3, -0.25) is 14.9 Å². The third kappa shape index (κ3) is 3.50. The van der Waals surface area contributed by atoms with Crippen LogP contribution in [0.2, 0.25) is 0 Å². The summed E-state index contributed by atoms with van der Waals surface area (Å²) in [6.07, 6.45) is -4.95. The number of aliphatic hydroxyl groups is 1. The van der Waals surface area contributed by atoms with Crippen LogP contribution in [-0.2, 0) is 11.0 Å². The van der Waals surface area contributed by atoms with Gasteiger partial charge in [0.05, 0.1) is 9.75 Å². The molecule has 0 saturated carbocycles. The largest absolute Gasteiger partial charge is 0.423 e. The van der Waals surface area contributed by atoms with Gasteiger partial charge in [-0.25, -0.2) is 0 Å². The Morgan fingerprint density at radius 3 is 2.38 bits per heavy atom. The van der Waals surface area contributed by atoms with E-state index >= 15 is 0 Å². The zero-order valence-corrected chi connectivity index (χ0v) is 12.1. The number of hydrogen-bond acceptors (Lipinski definition) is 4. The van der Waals surface area contributed by atoms with Gasteiger partial charge in [-0.05, 0) is 18.6 Å². The average Bonchev–Trinajstić information content (AvgIpc) is 2.35. The molecule has 6 nitrogen and oxygen atoms in total. The maximum absolute atomic E-state index is 12.8. The van der Waals surface area contributed by atoms with Gasteiger partial charge in [0.2, 0.25) is 0 Å². The Bertz CT molecular complexity index is 589. The summed E-state index contributed by atoms with van der Waals surface area (Å²) >= 11 is 2.88. The smallest absolute Gasteiger partial charge is 0.379 e. The monoisotopic (exact) mass is 370 g/mol. The Hall–Kier alpha value is -1.68. The van der Waals surface area contributed by atoms with Crippen molar-refractivity contribution in [2.45, 2.75) is 23.5 Å². The van der Waals surface area contributed by atoms with Crippen molar-refractivity contribution >= 4 is 27.5 Å². The van der Waals surface area contributed by atoms with Gasteiger partial charge in [0.25, 0.3) is 11.6 Å². The number of primary amides is 1. The lowest BCUT2D eigenvalue weighted by Crippen LogP contribution is -2.44. The SMILES string of the molecule is C[C@@](O)(C(N)=O)C(Br)c1ccc([N+](=O)[O-])c(C(F)(F)F)c1. The molecule has 1 unspecified atom stereocenters. The number of nitrogens with zero attached hydrogens (tertiary/aromatic N) is 1. The summed E-state index contributed by atoms with van der Waals surface area (Å²) < 4.78 is 38.5. The number of nitrogens with two attached hydrogens (primary N) is 1. The number of benzene rings is 1. The molecule has 0 heterocycles. The second-order valence-corrected chi connectivity index (χ2v) is 5.32. The summed E-state index contributed by atoms with van der Waals surface area (Å²) in [7, 11) is 0. The van der Waals surface area contributed by atoms with E-state index in [0.717, 1.165) is 13.0 Å². The topological polar surface area (TPSA) is 106 Å². The summed E-state index contributed by atoms with van der Waals surface area (Å²) in [5.41, 5.74) is 0.0259. The molecule has 0 aliphatic carbocycles. The normalized spacial score (nSPS) is 16.1. The first kappa shape index (κ1) is 17.4. The summed E-state index contributed by atoms with van der Waals surface area (Å²) in [4.78, 5) is 19.3. The summed E-state index contributed by atoms with van der Waals surface area (Å²) in [5, 5.41) is 20.5. The zero-order chi connectivity index (χ0) is 16.6. The zero-order valence-electron chi connectivity index (χ0n) is 10.5. The van der Waals surface area contributed by atoms with Crippen molar-refractivity contribution < 1.29 is 28.0 Å². The van der Waals surface area contributed by atoms with Gasteiger partial charge in [-0.1, -0.05) is 22.0 Å². The minimum atomic E-state index is -4.95. The highest BCUT2D eigenvalue weighted by atomic mass is 79.9. The van der Waals surface area contributed by atoms with Crippen molar-refractivity contribution in [2.24, 2.45) is 5.73 Å². The molecule has 0 bridgehead atoms.